The molecule has 0 radical (unpaired) electrons. The van der Waals surface area contributed by atoms with Crippen molar-refractivity contribution in [1.82, 2.24) is 4.90 Å². The molecular formula is C13H17NO. The van der Waals surface area contributed by atoms with Crippen LogP contribution in [0.2, 0.25) is 0 Å². The maximum atomic E-state index is 10.4. The summed E-state index contributed by atoms with van der Waals surface area (Å²) < 4.78 is 0. The Bertz CT molecular complexity index is 310. The predicted molar refractivity (Wildman–Crippen MR) is 60.5 cm³/mol. The third kappa shape index (κ3) is 2.90. The summed E-state index contributed by atoms with van der Waals surface area (Å²) in [6, 6.07) is 10.5. The second kappa shape index (κ2) is 5.08. The number of hydrogen-bond acceptors (Lipinski definition) is 2. The molecule has 2 nitrogen and oxygen atoms in total. The standard InChI is InChI=1S/C13H17NO/c15-9-7-13-6-8-14(11-13)10-12-4-2-1-3-5-12/h1-5,9,13H,6-8,10-11H2/t13-/m1/s1. The lowest BCUT2D eigenvalue weighted by molar-refractivity contribution is -0.108. The average Bonchev–Trinajstić information content (AvgIpc) is 2.68. The molecule has 1 saturated heterocycles. The van der Waals surface area contributed by atoms with Crippen LogP contribution in [-0.2, 0) is 11.3 Å². The Hall–Kier alpha value is -1.15. The molecule has 0 bridgehead atoms. The number of rotatable bonds is 4. The van der Waals surface area contributed by atoms with E-state index in [0.717, 1.165) is 32.3 Å². The van der Waals surface area contributed by atoms with Gasteiger partial charge in [-0.3, -0.25) is 4.90 Å². The molecule has 1 aromatic rings. The van der Waals surface area contributed by atoms with E-state index in [1.54, 1.807) is 0 Å². The van der Waals surface area contributed by atoms with Gasteiger partial charge in [0.05, 0.1) is 0 Å². The normalized spacial score (nSPS) is 21.7. The highest BCUT2D eigenvalue weighted by atomic mass is 16.1. The minimum absolute atomic E-state index is 0.589. The van der Waals surface area contributed by atoms with Crippen molar-refractivity contribution in [1.29, 1.82) is 0 Å². The lowest BCUT2D eigenvalue weighted by Crippen LogP contribution is -2.20. The van der Waals surface area contributed by atoms with Gasteiger partial charge in [-0.2, -0.15) is 0 Å². The highest BCUT2D eigenvalue weighted by molar-refractivity contribution is 5.49. The molecule has 0 unspecified atom stereocenters. The molecule has 0 aliphatic carbocycles. The minimum atomic E-state index is 0.589. The van der Waals surface area contributed by atoms with E-state index in [2.05, 4.69) is 29.2 Å². The molecule has 15 heavy (non-hydrogen) atoms. The van der Waals surface area contributed by atoms with Gasteiger partial charge in [0.2, 0.25) is 0 Å². The van der Waals surface area contributed by atoms with Crippen LogP contribution in [0.15, 0.2) is 30.3 Å². The molecule has 2 heteroatoms. The predicted octanol–water partition coefficient (Wildman–Crippen LogP) is 2.10. The van der Waals surface area contributed by atoms with Gasteiger partial charge in [0.1, 0.15) is 6.29 Å². The smallest absolute Gasteiger partial charge is 0.120 e. The summed E-state index contributed by atoms with van der Waals surface area (Å²) in [6.07, 6.45) is 2.95. The summed E-state index contributed by atoms with van der Waals surface area (Å²) in [5.74, 6) is 0.589. The quantitative estimate of drug-likeness (QED) is 0.698. The van der Waals surface area contributed by atoms with Gasteiger partial charge in [0, 0.05) is 19.5 Å². The number of likely N-dealkylation sites (tertiary alicyclic amines) is 1. The van der Waals surface area contributed by atoms with Crippen molar-refractivity contribution in [2.75, 3.05) is 13.1 Å². The fourth-order valence-electron chi connectivity index (χ4n) is 2.23. The number of hydrogen-bond donors (Lipinski definition) is 0. The molecule has 0 spiro atoms. The van der Waals surface area contributed by atoms with E-state index in [4.69, 9.17) is 0 Å². The van der Waals surface area contributed by atoms with Crippen molar-refractivity contribution in [2.24, 2.45) is 5.92 Å². The lowest BCUT2D eigenvalue weighted by Gasteiger charge is -2.15. The molecule has 0 N–H and O–H groups in total. The molecule has 1 fully saturated rings. The van der Waals surface area contributed by atoms with Gasteiger partial charge in [-0.15, -0.1) is 0 Å². The summed E-state index contributed by atoms with van der Waals surface area (Å²) >= 11 is 0. The Kier molecular flexibility index (Phi) is 3.51. The summed E-state index contributed by atoms with van der Waals surface area (Å²) in [7, 11) is 0. The monoisotopic (exact) mass is 203 g/mol. The van der Waals surface area contributed by atoms with E-state index in [9.17, 15) is 4.79 Å². The molecule has 1 aliphatic heterocycles. The van der Waals surface area contributed by atoms with Crippen LogP contribution in [0.3, 0.4) is 0 Å². The molecular weight excluding hydrogens is 186 g/mol. The molecule has 1 aliphatic rings. The first-order chi connectivity index (χ1) is 7.38. The van der Waals surface area contributed by atoms with E-state index in [0.29, 0.717) is 5.92 Å². The van der Waals surface area contributed by atoms with Gasteiger partial charge in [-0.1, -0.05) is 30.3 Å². The molecule has 1 aromatic carbocycles. The molecule has 2 rings (SSSR count). The number of carbonyl (C=O) groups is 1. The lowest BCUT2D eigenvalue weighted by atomic mass is 10.1. The van der Waals surface area contributed by atoms with Gasteiger partial charge < -0.3 is 4.79 Å². The van der Waals surface area contributed by atoms with Crippen LogP contribution >= 0.6 is 0 Å². The first-order valence-corrected chi connectivity index (χ1v) is 5.58. The van der Waals surface area contributed by atoms with Gasteiger partial charge in [0.15, 0.2) is 0 Å². The van der Waals surface area contributed by atoms with Crippen molar-refractivity contribution in [3.63, 3.8) is 0 Å². The Morgan fingerprint density at radius 3 is 2.87 bits per heavy atom. The summed E-state index contributed by atoms with van der Waals surface area (Å²) in [4.78, 5) is 12.8. The summed E-state index contributed by atoms with van der Waals surface area (Å²) in [5, 5.41) is 0. The number of benzene rings is 1. The highest BCUT2D eigenvalue weighted by Gasteiger charge is 2.21. The fraction of sp³-hybridized carbons (Fsp3) is 0.462. The summed E-state index contributed by atoms with van der Waals surface area (Å²) in [6.45, 7) is 3.23. The zero-order valence-electron chi connectivity index (χ0n) is 8.93. The largest absolute Gasteiger partial charge is 0.303 e. The second-order valence-corrected chi connectivity index (χ2v) is 4.28. The minimum Gasteiger partial charge on any atom is -0.303 e. The number of aldehydes is 1. The van der Waals surface area contributed by atoms with Crippen molar-refractivity contribution in [3.8, 4) is 0 Å². The Morgan fingerprint density at radius 1 is 1.33 bits per heavy atom. The van der Waals surface area contributed by atoms with Crippen LogP contribution in [0.5, 0.6) is 0 Å². The van der Waals surface area contributed by atoms with E-state index in [-0.39, 0.29) is 0 Å². The molecule has 1 heterocycles. The zero-order chi connectivity index (χ0) is 10.5. The van der Waals surface area contributed by atoms with Crippen LogP contribution in [0.25, 0.3) is 0 Å². The maximum absolute atomic E-state index is 10.4. The molecule has 0 aromatic heterocycles. The molecule has 1 atom stereocenters. The van der Waals surface area contributed by atoms with E-state index >= 15 is 0 Å². The Balaban J connectivity index is 1.85. The van der Waals surface area contributed by atoms with Gasteiger partial charge >= 0.3 is 0 Å². The SMILES string of the molecule is O=CC[C@H]1CCN(Cc2ccccc2)C1. The van der Waals surface area contributed by atoms with E-state index in [1.165, 1.54) is 12.0 Å². The fourth-order valence-corrected chi connectivity index (χ4v) is 2.23. The average molecular weight is 203 g/mol. The van der Waals surface area contributed by atoms with Crippen LogP contribution < -0.4 is 0 Å². The van der Waals surface area contributed by atoms with Crippen molar-refractivity contribution in [2.45, 2.75) is 19.4 Å². The van der Waals surface area contributed by atoms with Crippen molar-refractivity contribution >= 4 is 6.29 Å². The first-order valence-electron chi connectivity index (χ1n) is 5.58. The van der Waals surface area contributed by atoms with E-state index < -0.39 is 0 Å². The highest BCUT2D eigenvalue weighted by Crippen LogP contribution is 2.20. The maximum Gasteiger partial charge on any atom is 0.120 e. The van der Waals surface area contributed by atoms with Crippen LogP contribution in [0, 0.1) is 5.92 Å². The van der Waals surface area contributed by atoms with Gasteiger partial charge in [0.25, 0.3) is 0 Å². The first kappa shape index (κ1) is 10.4. The van der Waals surface area contributed by atoms with Gasteiger partial charge in [-0.05, 0) is 24.4 Å². The molecule has 0 saturated carbocycles. The van der Waals surface area contributed by atoms with Gasteiger partial charge in [-0.25, -0.2) is 0 Å². The second-order valence-electron chi connectivity index (χ2n) is 4.28. The molecule has 0 amide bonds. The third-order valence-electron chi connectivity index (χ3n) is 3.05. The topological polar surface area (TPSA) is 20.3 Å². The third-order valence-corrected chi connectivity index (χ3v) is 3.05. The van der Waals surface area contributed by atoms with E-state index in [1.807, 2.05) is 6.07 Å². The van der Waals surface area contributed by atoms with Crippen molar-refractivity contribution in [3.05, 3.63) is 35.9 Å². The van der Waals surface area contributed by atoms with Crippen LogP contribution in [0.4, 0.5) is 0 Å². The number of nitrogens with zero attached hydrogens (tertiary/aromatic N) is 1. The number of carbonyl (C=O) groups excluding carboxylic acids is 1. The summed E-state index contributed by atoms with van der Waals surface area (Å²) in [5.41, 5.74) is 1.37. The van der Waals surface area contributed by atoms with Crippen LogP contribution in [0.1, 0.15) is 18.4 Å². The van der Waals surface area contributed by atoms with Crippen molar-refractivity contribution < 1.29 is 4.79 Å². The Morgan fingerprint density at radius 2 is 2.13 bits per heavy atom. The zero-order valence-corrected chi connectivity index (χ0v) is 8.93. The molecule has 80 valence electrons. The van der Waals surface area contributed by atoms with Crippen LogP contribution in [-0.4, -0.2) is 24.3 Å². The Labute approximate surface area is 90.9 Å².